The summed E-state index contributed by atoms with van der Waals surface area (Å²) in [5.41, 5.74) is -0.291. The van der Waals surface area contributed by atoms with Crippen molar-refractivity contribution in [3.05, 3.63) is 48.0 Å². The second kappa shape index (κ2) is 8.41. The summed E-state index contributed by atoms with van der Waals surface area (Å²) in [6.07, 6.45) is 0. The number of carbonyl (C=O) groups is 1. The number of nitrogens with one attached hydrogen (secondary N) is 2. The van der Waals surface area contributed by atoms with Crippen LogP contribution in [0.25, 0.3) is 0 Å². The van der Waals surface area contributed by atoms with Crippen LogP contribution in [0.4, 0.5) is 28.9 Å². The molecule has 0 aliphatic carbocycles. The summed E-state index contributed by atoms with van der Waals surface area (Å²) >= 11 is 0. The molecule has 5 nitrogen and oxygen atoms in total. The van der Waals surface area contributed by atoms with E-state index in [1.807, 2.05) is 0 Å². The Bertz CT molecular complexity index is 766. The molecule has 0 radical (unpaired) electrons. The molecule has 2 N–H and O–H groups in total. The van der Waals surface area contributed by atoms with Crippen molar-refractivity contribution in [2.45, 2.75) is 19.6 Å². The average Bonchev–Trinajstić information content (AvgIpc) is 2.58. The summed E-state index contributed by atoms with van der Waals surface area (Å²) < 4.78 is 61.3. The fraction of sp³-hybridized carbons (Fsp3) is 0.235. The normalized spacial score (nSPS) is 11.8. The standard InChI is InChI=1S/C17H16F4N2O3/c1-9(16(24)23-15-11(18)4-3-5-12(15)19)22-10-6-7-13(25-2)14(8-10)26-17(20)21/h3-9,17,22H,1-2H3,(H,23,24). The third kappa shape index (κ3) is 4.78. The van der Waals surface area contributed by atoms with Crippen LogP contribution < -0.4 is 20.1 Å². The second-order valence-corrected chi connectivity index (χ2v) is 5.20. The lowest BCUT2D eigenvalue weighted by atomic mass is 10.2. The van der Waals surface area contributed by atoms with Crippen molar-refractivity contribution in [2.75, 3.05) is 17.7 Å². The van der Waals surface area contributed by atoms with Crippen LogP contribution in [-0.4, -0.2) is 25.7 Å². The van der Waals surface area contributed by atoms with Crippen LogP contribution in [0.5, 0.6) is 11.5 Å². The smallest absolute Gasteiger partial charge is 0.387 e. The minimum atomic E-state index is -3.05. The Morgan fingerprint density at radius 3 is 2.31 bits per heavy atom. The van der Waals surface area contributed by atoms with Gasteiger partial charge in [0, 0.05) is 11.8 Å². The number of anilines is 2. The van der Waals surface area contributed by atoms with E-state index in [1.165, 1.54) is 38.3 Å². The first-order valence-corrected chi connectivity index (χ1v) is 7.46. The van der Waals surface area contributed by atoms with E-state index in [1.54, 1.807) is 0 Å². The summed E-state index contributed by atoms with van der Waals surface area (Å²) in [6, 6.07) is 6.33. The lowest BCUT2D eigenvalue weighted by Crippen LogP contribution is -2.32. The Morgan fingerprint density at radius 1 is 1.08 bits per heavy atom. The molecular weight excluding hydrogens is 356 g/mol. The van der Waals surface area contributed by atoms with Crippen molar-refractivity contribution >= 4 is 17.3 Å². The first kappa shape index (κ1) is 19.4. The highest BCUT2D eigenvalue weighted by Gasteiger charge is 2.18. The molecule has 0 aliphatic rings. The van der Waals surface area contributed by atoms with Crippen LogP contribution in [0.1, 0.15) is 6.92 Å². The average molecular weight is 372 g/mol. The van der Waals surface area contributed by atoms with Gasteiger partial charge in [0.15, 0.2) is 11.5 Å². The number of hydrogen-bond acceptors (Lipinski definition) is 4. The predicted molar refractivity (Wildman–Crippen MR) is 87.7 cm³/mol. The van der Waals surface area contributed by atoms with E-state index in [2.05, 4.69) is 15.4 Å². The summed E-state index contributed by atoms with van der Waals surface area (Å²) in [5, 5.41) is 4.87. The molecule has 140 valence electrons. The first-order valence-electron chi connectivity index (χ1n) is 7.46. The molecule has 2 aromatic rings. The van der Waals surface area contributed by atoms with Gasteiger partial charge in [-0.15, -0.1) is 0 Å². The maximum Gasteiger partial charge on any atom is 0.387 e. The van der Waals surface area contributed by atoms with Crippen LogP contribution in [0, 0.1) is 11.6 Å². The monoisotopic (exact) mass is 372 g/mol. The highest BCUT2D eigenvalue weighted by atomic mass is 19.3. The zero-order valence-corrected chi connectivity index (χ0v) is 13.9. The molecule has 2 aromatic carbocycles. The third-order valence-electron chi connectivity index (χ3n) is 3.37. The van der Waals surface area contributed by atoms with E-state index in [0.29, 0.717) is 0 Å². The summed E-state index contributed by atoms with van der Waals surface area (Å²) in [5.74, 6) is -2.69. The van der Waals surface area contributed by atoms with Crippen molar-refractivity contribution < 1.29 is 31.8 Å². The van der Waals surface area contributed by atoms with Gasteiger partial charge in [-0.25, -0.2) is 8.78 Å². The van der Waals surface area contributed by atoms with Crippen molar-refractivity contribution in [1.82, 2.24) is 0 Å². The van der Waals surface area contributed by atoms with Crippen molar-refractivity contribution in [3.8, 4) is 11.5 Å². The molecule has 9 heteroatoms. The quantitative estimate of drug-likeness (QED) is 0.721. The molecule has 26 heavy (non-hydrogen) atoms. The molecule has 0 aromatic heterocycles. The molecule has 0 fully saturated rings. The Hall–Kier alpha value is -2.97. The van der Waals surface area contributed by atoms with Gasteiger partial charge >= 0.3 is 6.61 Å². The number of halogens is 4. The highest BCUT2D eigenvalue weighted by molar-refractivity contribution is 5.96. The first-order chi connectivity index (χ1) is 12.3. The minimum Gasteiger partial charge on any atom is -0.493 e. The number of benzene rings is 2. The topological polar surface area (TPSA) is 59.6 Å². The zero-order chi connectivity index (χ0) is 19.3. The van der Waals surface area contributed by atoms with E-state index >= 15 is 0 Å². The summed E-state index contributed by atoms with van der Waals surface area (Å²) in [7, 11) is 1.29. The van der Waals surface area contributed by atoms with E-state index < -0.39 is 35.9 Å². The maximum absolute atomic E-state index is 13.6. The minimum absolute atomic E-state index is 0.0846. The van der Waals surface area contributed by atoms with Gasteiger partial charge < -0.3 is 20.1 Å². The molecule has 0 aliphatic heterocycles. The molecule has 1 atom stereocenters. The van der Waals surface area contributed by atoms with Crippen LogP contribution >= 0.6 is 0 Å². The fourth-order valence-electron chi connectivity index (χ4n) is 2.12. The van der Waals surface area contributed by atoms with Gasteiger partial charge in [0.05, 0.1) is 7.11 Å². The van der Waals surface area contributed by atoms with Gasteiger partial charge in [-0.3, -0.25) is 4.79 Å². The van der Waals surface area contributed by atoms with Gasteiger partial charge in [0.1, 0.15) is 23.4 Å². The number of amides is 1. The maximum atomic E-state index is 13.6. The van der Waals surface area contributed by atoms with Crippen molar-refractivity contribution in [2.24, 2.45) is 0 Å². The second-order valence-electron chi connectivity index (χ2n) is 5.20. The van der Waals surface area contributed by atoms with E-state index in [-0.39, 0.29) is 17.2 Å². The van der Waals surface area contributed by atoms with Crippen LogP contribution in [0.2, 0.25) is 0 Å². The Kier molecular flexibility index (Phi) is 6.26. The molecule has 0 heterocycles. The molecular formula is C17H16F4N2O3. The molecule has 0 spiro atoms. The highest BCUT2D eigenvalue weighted by Crippen LogP contribution is 2.31. The van der Waals surface area contributed by atoms with E-state index in [0.717, 1.165) is 12.1 Å². The van der Waals surface area contributed by atoms with Crippen LogP contribution in [0.3, 0.4) is 0 Å². The van der Waals surface area contributed by atoms with Gasteiger partial charge in [-0.05, 0) is 31.2 Å². The lowest BCUT2D eigenvalue weighted by molar-refractivity contribution is -0.116. The number of rotatable bonds is 7. The number of hydrogen-bond donors (Lipinski definition) is 2. The third-order valence-corrected chi connectivity index (χ3v) is 3.37. The van der Waals surface area contributed by atoms with Gasteiger partial charge in [0.25, 0.3) is 0 Å². The lowest BCUT2D eigenvalue weighted by Gasteiger charge is -2.17. The number of methoxy groups -OCH3 is 1. The Morgan fingerprint density at radius 2 is 1.73 bits per heavy atom. The largest absolute Gasteiger partial charge is 0.493 e. The molecule has 1 amide bonds. The van der Waals surface area contributed by atoms with Gasteiger partial charge in [-0.2, -0.15) is 8.78 Å². The zero-order valence-electron chi connectivity index (χ0n) is 13.9. The molecule has 0 saturated carbocycles. The molecule has 1 unspecified atom stereocenters. The summed E-state index contributed by atoms with van der Waals surface area (Å²) in [6.45, 7) is -1.62. The number of ether oxygens (including phenoxy) is 2. The number of para-hydroxylation sites is 1. The molecule has 0 bridgehead atoms. The molecule has 0 saturated heterocycles. The van der Waals surface area contributed by atoms with Crippen molar-refractivity contribution in [3.63, 3.8) is 0 Å². The van der Waals surface area contributed by atoms with Gasteiger partial charge in [0.2, 0.25) is 5.91 Å². The summed E-state index contributed by atoms with van der Waals surface area (Å²) in [4.78, 5) is 12.1. The number of alkyl halides is 2. The molecule has 2 rings (SSSR count). The van der Waals surface area contributed by atoms with E-state index in [9.17, 15) is 22.4 Å². The SMILES string of the molecule is COc1ccc(NC(C)C(=O)Nc2c(F)cccc2F)cc1OC(F)F. The predicted octanol–water partition coefficient (Wildman–Crippen LogP) is 4.01. The Labute approximate surface area is 146 Å². The Balaban J connectivity index is 2.11. The number of carbonyl (C=O) groups excluding carboxylic acids is 1. The van der Waals surface area contributed by atoms with Gasteiger partial charge in [-0.1, -0.05) is 6.07 Å². The van der Waals surface area contributed by atoms with E-state index in [4.69, 9.17) is 4.74 Å². The van der Waals surface area contributed by atoms with Crippen LogP contribution in [0.15, 0.2) is 36.4 Å². The van der Waals surface area contributed by atoms with Crippen molar-refractivity contribution in [1.29, 1.82) is 0 Å². The fourth-order valence-corrected chi connectivity index (χ4v) is 2.12. The van der Waals surface area contributed by atoms with Crippen LogP contribution in [-0.2, 0) is 4.79 Å².